The van der Waals surface area contributed by atoms with Crippen LogP contribution in [0.25, 0.3) is 0 Å². The minimum absolute atomic E-state index is 0.276. The molecule has 8 heteroatoms. The van der Waals surface area contributed by atoms with E-state index in [0.717, 1.165) is 11.8 Å². The van der Waals surface area contributed by atoms with Gasteiger partial charge in [0.05, 0.1) is 25.1 Å². The molecule has 1 heterocycles. The van der Waals surface area contributed by atoms with E-state index in [1.54, 1.807) is 32.2 Å². The average Bonchev–Trinajstić information content (AvgIpc) is 2.61. The van der Waals surface area contributed by atoms with Crippen molar-refractivity contribution in [3.05, 3.63) is 53.1 Å². The fourth-order valence-corrected chi connectivity index (χ4v) is 4.14. The molecule has 1 unspecified atom stereocenters. The monoisotopic (exact) mass is 418 g/mol. The van der Waals surface area contributed by atoms with Crippen LogP contribution >= 0.6 is 0 Å². The van der Waals surface area contributed by atoms with Crippen molar-refractivity contribution >= 4 is 21.6 Å². The summed E-state index contributed by atoms with van der Waals surface area (Å²) in [4.78, 5) is 13.1. The summed E-state index contributed by atoms with van der Waals surface area (Å²) in [6.07, 6.45) is 1.66. The van der Waals surface area contributed by atoms with E-state index < -0.39 is 15.6 Å². The van der Waals surface area contributed by atoms with E-state index in [1.165, 1.54) is 0 Å². The van der Waals surface area contributed by atoms with Crippen molar-refractivity contribution < 1.29 is 22.7 Å². The number of ether oxygens (including phenoxy) is 2. The Bertz CT molecular complexity index is 1050. The summed E-state index contributed by atoms with van der Waals surface area (Å²) in [5.74, 6) is 1.11. The Labute approximate surface area is 171 Å². The minimum atomic E-state index is -3.44. The van der Waals surface area contributed by atoms with Crippen molar-refractivity contribution in [3.63, 3.8) is 0 Å². The maximum absolute atomic E-state index is 13.1. The maximum Gasteiger partial charge on any atom is 0.252 e. The van der Waals surface area contributed by atoms with Crippen LogP contribution in [0, 0.1) is 6.92 Å². The molecule has 1 atom stereocenters. The van der Waals surface area contributed by atoms with Gasteiger partial charge in [0.15, 0.2) is 0 Å². The molecule has 1 aliphatic rings. The van der Waals surface area contributed by atoms with Crippen LogP contribution in [0.1, 0.15) is 47.8 Å². The molecule has 0 saturated heterocycles. The Morgan fingerprint density at radius 3 is 2.62 bits per heavy atom. The number of nitrogens with one attached hydrogen (secondary N) is 2. The molecule has 156 valence electrons. The molecule has 0 aromatic heterocycles. The zero-order valence-corrected chi connectivity index (χ0v) is 18.0. The van der Waals surface area contributed by atoms with Crippen molar-refractivity contribution in [2.45, 2.75) is 38.8 Å². The molecule has 7 nitrogen and oxygen atoms in total. The second kappa shape index (κ2) is 7.59. The summed E-state index contributed by atoms with van der Waals surface area (Å²) < 4.78 is 37.0. The smallest absolute Gasteiger partial charge is 0.252 e. The molecule has 0 bridgehead atoms. The summed E-state index contributed by atoms with van der Waals surface area (Å²) in [6.45, 7) is 5.66. The highest BCUT2D eigenvalue weighted by Crippen LogP contribution is 2.41. The molecule has 0 saturated carbocycles. The van der Waals surface area contributed by atoms with Crippen LogP contribution in [-0.2, 0) is 10.0 Å². The lowest BCUT2D eigenvalue weighted by Gasteiger charge is -2.38. The van der Waals surface area contributed by atoms with Gasteiger partial charge in [-0.3, -0.25) is 9.52 Å². The predicted octanol–water partition coefficient (Wildman–Crippen LogP) is 3.41. The second-order valence-corrected chi connectivity index (χ2v) is 9.60. The summed E-state index contributed by atoms with van der Waals surface area (Å²) in [5.41, 5.74) is 1.75. The number of carbonyl (C=O) groups excluding carboxylic acids is 1. The summed E-state index contributed by atoms with van der Waals surface area (Å²) in [5, 5.41) is 3.08. The predicted molar refractivity (Wildman–Crippen MR) is 112 cm³/mol. The highest BCUT2D eigenvalue weighted by molar-refractivity contribution is 7.92. The molecule has 0 radical (unpaired) electrons. The first-order valence-electron chi connectivity index (χ1n) is 9.24. The van der Waals surface area contributed by atoms with E-state index in [4.69, 9.17) is 9.47 Å². The number of hydrogen-bond donors (Lipinski definition) is 2. The molecule has 2 aromatic rings. The standard InChI is InChI=1S/C21H26N2O5S/c1-13-15(7-6-8-17(13)23-29(5,25)26)20(24)22-18-12-21(2,3)28-19-10-9-14(27-4)11-16(18)19/h6-11,18,23H,12H2,1-5H3,(H,22,24). The molecule has 3 rings (SSSR count). The first-order chi connectivity index (χ1) is 13.5. The van der Waals surface area contributed by atoms with Crippen LogP contribution in [0.5, 0.6) is 11.5 Å². The maximum atomic E-state index is 13.1. The number of anilines is 1. The zero-order chi connectivity index (χ0) is 21.4. The lowest BCUT2D eigenvalue weighted by Crippen LogP contribution is -2.41. The highest BCUT2D eigenvalue weighted by Gasteiger charge is 2.35. The van der Waals surface area contributed by atoms with Crippen molar-refractivity contribution in [2.24, 2.45) is 0 Å². The van der Waals surface area contributed by atoms with Gasteiger partial charge in [0, 0.05) is 17.5 Å². The van der Waals surface area contributed by atoms with Crippen LogP contribution < -0.4 is 19.5 Å². The quantitative estimate of drug-likeness (QED) is 0.776. The van der Waals surface area contributed by atoms with Crippen LogP contribution in [0.3, 0.4) is 0 Å². The number of amides is 1. The van der Waals surface area contributed by atoms with Gasteiger partial charge < -0.3 is 14.8 Å². The van der Waals surface area contributed by atoms with Crippen molar-refractivity contribution in [2.75, 3.05) is 18.1 Å². The van der Waals surface area contributed by atoms with Gasteiger partial charge in [0.1, 0.15) is 17.1 Å². The first kappa shape index (κ1) is 21.0. The van der Waals surface area contributed by atoms with E-state index in [0.29, 0.717) is 34.7 Å². The molecule has 1 amide bonds. The fraction of sp³-hybridized carbons (Fsp3) is 0.381. The molecular weight excluding hydrogens is 392 g/mol. The Morgan fingerprint density at radius 1 is 1.24 bits per heavy atom. The fourth-order valence-electron chi connectivity index (χ4n) is 3.52. The van der Waals surface area contributed by atoms with Gasteiger partial charge in [-0.25, -0.2) is 8.42 Å². The topological polar surface area (TPSA) is 93.7 Å². The van der Waals surface area contributed by atoms with E-state index in [1.807, 2.05) is 32.0 Å². The Balaban J connectivity index is 1.92. The second-order valence-electron chi connectivity index (χ2n) is 7.85. The molecule has 1 aliphatic heterocycles. The molecule has 2 aromatic carbocycles. The van der Waals surface area contributed by atoms with Crippen LogP contribution in [0.2, 0.25) is 0 Å². The zero-order valence-electron chi connectivity index (χ0n) is 17.2. The van der Waals surface area contributed by atoms with E-state index in [2.05, 4.69) is 10.0 Å². The normalized spacial score (nSPS) is 17.6. The van der Waals surface area contributed by atoms with Crippen molar-refractivity contribution in [1.29, 1.82) is 0 Å². The Kier molecular flexibility index (Phi) is 5.49. The Morgan fingerprint density at radius 2 is 1.97 bits per heavy atom. The summed E-state index contributed by atoms with van der Waals surface area (Å²) in [7, 11) is -1.85. The first-order valence-corrected chi connectivity index (χ1v) is 11.1. The lowest BCUT2D eigenvalue weighted by molar-refractivity contribution is 0.0618. The number of carbonyl (C=O) groups is 1. The minimum Gasteiger partial charge on any atom is -0.497 e. The number of methoxy groups -OCH3 is 1. The van der Waals surface area contributed by atoms with E-state index in [9.17, 15) is 13.2 Å². The number of rotatable bonds is 5. The molecule has 0 spiro atoms. The largest absolute Gasteiger partial charge is 0.497 e. The lowest BCUT2D eigenvalue weighted by atomic mass is 9.89. The number of hydrogen-bond acceptors (Lipinski definition) is 5. The van der Waals surface area contributed by atoms with Gasteiger partial charge in [-0.1, -0.05) is 6.07 Å². The molecular formula is C21H26N2O5S. The number of fused-ring (bicyclic) bond motifs is 1. The summed E-state index contributed by atoms with van der Waals surface area (Å²) >= 11 is 0. The SMILES string of the molecule is COc1ccc2c(c1)C(NC(=O)c1cccc(NS(C)(=O)=O)c1C)CC(C)(C)O2. The van der Waals surface area contributed by atoms with Crippen LogP contribution in [-0.4, -0.2) is 33.3 Å². The average molecular weight is 419 g/mol. The van der Waals surface area contributed by atoms with Crippen LogP contribution in [0.15, 0.2) is 36.4 Å². The third-order valence-electron chi connectivity index (χ3n) is 4.85. The van der Waals surface area contributed by atoms with Gasteiger partial charge in [0.25, 0.3) is 5.91 Å². The van der Waals surface area contributed by atoms with E-state index >= 15 is 0 Å². The molecule has 29 heavy (non-hydrogen) atoms. The highest BCUT2D eigenvalue weighted by atomic mass is 32.2. The molecule has 0 aliphatic carbocycles. The number of benzene rings is 2. The van der Waals surface area contributed by atoms with Crippen molar-refractivity contribution in [3.8, 4) is 11.5 Å². The molecule has 2 N–H and O–H groups in total. The summed E-state index contributed by atoms with van der Waals surface area (Å²) in [6, 6.07) is 10.2. The van der Waals surface area contributed by atoms with Gasteiger partial charge >= 0.3 is 0 Å². The third-order valence-corrected chi connectivity index (χ3v) is 5.44. The van der Waals surface area contributed by atoms with Gasteiger partial charge in [0.2, 0.25) is 10.0 Å². The Hall–Kier alpha value is -2.74. The van der Waals surface area contributed by atoms with Crippen molar-refractivity contribution in [1.82, 2.24) is 5.32 Å². The third kappa shape index (κ3) is 4.82. The van der Waals surface area contributed by atoms with Gasteiger partial charge in [-0.2, -0.15) is 0 Å². The molecule has 0 fully saturated rings. The van der Waals surface area contributed by atoms with Gasteiger partial charge in [-0.15, -0.1) is 0 Å². The van der Waals surface area contributed by atoms with Gasteiger partial charge in [-0.05, 0) is 56.7 Å². The number of sulfonamides is 1. The van der Waals surface area contributed by atoms with E-state index in [-0.39, 0.29) is 11.9 Å². The van der Waals surface area contributed by atoms with Crippen LogP contribution in [0.4, 0.5) is 5.69 Å².